The Balaban J connectivity index is 2.39. The first-order valence-corrected chi connectivity index (χ1v) is 5.82. The number of hydrogen-bond acceptors (Lipinski definition) is 1. The minimum Gasteiger partial charge on any atom is -0.295 e. The Morgan fingerprint density at radius 2 is 2.12 bits per heavy atom. The minimum atomic E-state index is -0.844. The van der Waals surface area contributed by atoms with Crippen molar-refractivity contribution >= 4 is 5.78 Å². The summed E-state index contributed by atoms with van der Waals surface area (Å²) in [6, 6.07) is 7.45. The van der Waals surface area contributed by atoms with E-state index in [1.807, 2.05) is 18.2 Å². The maximum atomic E-state index is 13.7. The number of carbonyl (C=O) groups excluding carboxylic acids is 1. The third-order valence-electron chi connectivity index (χ3n) is 3.85. The molecule has 1 aromatic carbocycles. The zero-order chi connectivity index (χ0) is 11.8. The average Bonchev–Trinajstić information content (AvgIpc) is 2.15. The fraction of sp³-hybridized carbons (Fsp3) is 0.500. The van der Waals surface area contributed by atoms with Crippen LogP contribution in [0.5, 0.6) is 0 Å². The lowest BCUT2D eigenvalue weighted by atomic mass is 9.62. The summed E-state index contributed by atoms with van der Waals surface area (Å²) in [6.45, 7) is 3.17. The Labute approximate surface area is 95.7 Å². The van der Waals surface area contributed by atoms with Gasteiger partial charge in [0.15, 0.2) is 5.78 Å². The number of halogens is 1. The standard InChI is InChI=1S/C14H17FO/c1-10(16)12-5-3-6-13(9-12)14(11(2)15)7-4-8-14/h3,5-6,9,11H,4,7-8H2,1-2H3. The molecule has 0 bridgehead atoms. The number of Topliss-reactive ketones (excluding diaryl/α,β-unsaturated/α-hetero) is 1. The van der Waals surface area contributed by atoms with E-state index in [9.17, 15) is 9.18 Å². The Bertz CT molecular complexity index is 405. The van der Waals surface area contributed by atoms with Crippen LogP contribution < -0.4 is 0 Å². The minimum absolute atomic E-state index is 0.0443. The summed E-state index contributed by atoms with van der Waals surface area (Å²) in [5.74, 6) is 0.0443. The van der Waals surface area contributed by atoms with Crippen molar-refractivity contribution in [2.45, 2.75) is 44.7 Å². The summed E-state index contributed by atoms with van der Waals surface area (Å²) < 4.78 is 13.7. The predicted molar refractivity (Wildman–Crippen MR) is 62.5 cm³/mol. The van der Waals surface area contributed by atoms with Gasteiger partial charge in [-0.25, -0.2) is 4.39 Å². The lowest BCUT2D eigenvalue weighted by Crippen LogP contribution is -2.42. The molecular formula is C14H17FO. The zero-order valence-corrected chi connectivity index (χ0v) is 9.79. The van der Waals surface area contributed by atoms with E-state index in [2.05, 4.69) is 0 Å². The van der Waals surface area contributed by atoms with E-state index in [0.717, 1.165) is 24.8 Å². The van der Waals surface area contributed by atoms with Crippen LogP contribution in [-0.4, -0.2) is 12.0 Å². The molecule has 1 atom stereocenters. The van der Waals surface area contributed by atoms with E-state index < -0.39 is 6.17 Å². The van der Waals surface area contributed by atoms with Crippen LogP contribution in [0.25, 0.3) is 0 Å². The summed E-state index contributed by atoms with van der Waals surface area (Å²) in [7, 11) is 0. The van der Waals surface area contributed by atoms with Crippen LogP contribution in [-0.2, 0) is 5.41 Å². The first kappa shape index (κ1) is 11.3. The molecule has 1 aliphatic rings. The van der Waals surface area contributed by atoms with Crippen molar-refractivity contribution in [3.8, 4) is 0 Å². The Hall–Kier alpha value is -1.18. The average molecular weight is 220 g/mol. The number of hydrogen-bond donors (Lipinski definition) is 0. The number of alkyl halides is 1. The topological polar surface area (TPSA) is 17.1 Å². The normalized spacial score (nSPS) is 19.9. The quantitative estimate of drug-likeness (QED) is 0.710. The SMILES string of the molecule is CC(=O)c1cccc(C2(C(C)F)CCC2)c1. The third kappa shape index (κ3) is 1.66. The maximum absolute atomic E-state index is 13.7. The Morgan fingerprint density at radius 1 is 1.44 bits per heavy atom. The molecule has 0 aromatic heterocycles. The number of rotatable bonds is 3. The van der Waals surface area contributed by atoms with Gasteiger partial charge in [-0.05, 0) is 38.3 Å². The fourth-order valence-electron chi connectivity index (χ4n) is 2.52. The van der Waals surface area contributed by atoms with Crippen molar-refractivity contribution < 1.29 is 9.18 Å². The molecule has 0 radical (unpaired) electrons. The van der Waals surface area contributed by atoms with Gasteiger partial charge in [0.05, 0.1) is 0 Å². The predicted octanol–water partition coefficient (Wildman–Crippen LogP) is 3.67. The maximum Gasteiger partial charge on any atom is 0.159 e. The van der Waals surface area contributed by atoms with Gasteiger partial charge in [0.2, 0.25) is 0 Å². The molecule has 0 amide bonds. The van der Waals surface area contributed by atoms with Crippen LogP contribution in [0.2, 0.25) is 0 Å². The Morgan fingerprint density at radius 3 is 2.56 bits per heavy atom. The highest BCUT2D eigenvalue weighted by molar-refractivity contribution is 5.94. The van der Waals surface area contributed by atoms with Crippen molar-refractivity contribution in [2.24, 2.45) is 0 Å². The zero-order valence-electron chi connectivity index (χ0n) is 9.79. The lowest BCUT2D eigenvalue weighted by Gasteiger charge is -2.44. The van der Waals surface area contributed by atoms with Crippen LogP contribution in [0.1, 0.15) is 49.0 Å². The van der Waals surface area contributed by atoms with Crippen molar-refractivity contribution in [1.82, 2.24) is 0 Å². The molecule has 1 unspecified atom stereocenters. The van der Waals surface area contributed by atoms with Crippen LogP contribution >= 0.6 is 0 Å². The van der Waals surface area contributed by atoms with E-state index in [1.54, 1.807) is 19.9 Å². The molecule has 0 N–H and O–H groups in total. The molecule has 0 aliphatic heterocycles. The van der Waals surface area contributed by atoms with Gasteiger partial charge in [-0.2, -0.15) is 0 Å². The molecule has 0 heterocycles. The van der Waals surface area contributed by atoms with Gasteiger partial charge in [-0.15, -0.1) is 0 Å². The van der Waals surface area contributed by atoms with Gasteiger partial charge in [-0.3, -0.25) is 4.79 Å². The molecule has 86 valence electrons. The van der Waals surface area contributed by atoms with E-state index in [1.165, 1.54) is 0 Å². The van der Waals surface area contributed by atoms with Gasteiger partial charge in [0.25, 0.3) is 0 Å². The van der Waals surface area contributed by atoms with Gasteiger partial charge in [0.1, 0.15) is 6.17 Å². The first-order chi connectivity index (χ1) is 7.56. The molecule has 0 spiro atoms. The first-order valence-electron chi connectivity index (χ1n) is 5.82. The van der Waals surface area contributed by atoms with Gasteiger partial charge >= 0.3 is 0 Å². The summed E-state index contributed by atoms with van der Waals surface area (Å²) in [4.78, 5) is 11.3. The fourth-order valence-corrected chi connectivity index (χ4v) is 2.52. The molecule has 1 aromatic rings. The molecule has 1 aliphatic carbocycles. The molecule has 1 fully saturated rings. The Kier molecular flexibility index (Phi) is 2.83. The summed E-state index contributed by atoms with van der Waals surface area (Å²) in [6.07, 6.45) is 2.03. The number of carbonyl (C=O) groups is 1. The van der Waals surface area contributed by atoms with Crippen molar-refractivity contribution in [2.75, 3.05) is 0 Å². The van der Waals surface area contributed by atoms with E-state index >= 15 is 0 Å². The monoisotopic (exact) mass is 220 g/mol. The van der Waals surface area contributed by atoms with Gasteiger partial charge in [-0.1, -0.05) is 24.6 Å². The largest absolute Gasteiger partial charge is 0.295 e. The highest BCUT2D eigenvalue weighted by Crippen LogP contribution is 2.47. The molecule has 0 saturated heterocycles. The van der Waals surface area contributed by atoms with Crippen molar-refractivity contribution in [3.05, 3.63) is 35.4 Å². The second-order valence-electron chi connectivity index (χ2n) is 4.76. The molecule has 16 heavy (non-hydrogen) atoms. The molecule has 2 rings (SSSR count). The third-order valence-corrected chi connectivity index (χ3v) is 3.85. The summed E-state index contributed by atoms with van der Waals surface area (Å²) >= 11 is 0. The second kappa shape index (κ2) is 4.00. The van der Waals surface area contributed by atoms with Gasteiger partial charge < -0.3 is 0 Å². The second-order valence-corrected chi connectivity index (χ2v) is 4.76. The molecular weight excluding hydrogens is 203 g/mol. The number of ketones is 1. The molecule has 1 saturated carbocycles. The van der Waals surface area contributed by atoms with Crippen LogP contribution in [0, 0.1) is 0 Å². The van der Waals surface area contributed by atoms with Crippen LogP contribution in [0.4, 0.5) is 4.39 Å². The van der Waals surface area contributed by atoms with Crippen molar-refractivity contribution in [1.29, 1.82) is 0 Å². The number of benzene rings is 1. The van der Waals surface area contributed by atoms with E-state index in [4.69, 9.17) is 0 Å². The van der Waals surface area contributed by atoms with Crippen molar-refractivity contribution in [3.63, 3.8) is 0 Å². The summed E-state index contributed by atoms with van der Waals surface area (Å²) in [5, 5.41) is 0. The molecule has 2 heteroatoms. The smallest absolute Gasteiger partial charge is 0.159 e. The van der Waals surface area contributed by atoms with Gasteiger partial charge in [0, 0.05) is 11.0 Å². The van der Waals surface area contributed by atoms with E-state index in [-0.39, 0.29) is 11.2 Å². The van der Waals surface area contributed by atoms with Crippen LogP contribution in [0.3, 0.4) is 0 Å². The lowest BCUT2D eigenvalue weighted by molar-refractivity contribution is 0.101. The summed E-state index contributed by atoms with van der Waals surface area (Å²) in [5.41, 5.74) is 1.34. The molecule has 1 nitrogen and oxygen atoms in total. The van der Waals surface area contributed by atoms with Crippen LogP contribution in [0.15, 0.2) is 24.3 Å². The highest BCUT2D eigenvalue weighted by Gasteiger charge is 2.43. The van der Waals surface area contributed by atoms with E-state index in [0.29, 0.717) is 5.56 Å². The highest BCUT2D eigenvalue weighted by atomic mass is 19.1.